The molecule has 0 spiro atoms. The zero-order chi connectivity index (χ0) is 31.1. The summed E-state index contributed by atoms with van der Waals surface area (Å²) in [5, 5.41) is 13.2. The number of amides is 1. The first-order valence-electron chi connectivity index (χ1n) is 13.6. The van der Waals surface area contributed by atoms with Gasteiger partial charge in [0, 0.05) is 10.6 Å². The number of hydrogen-bond acceptors (Lipinski definition) is 7. The van der Waals surface area contributed by atoms with Gasteiger partial charge in [0.25, 0.3) is 5.91 Å². The third kappa shape index (κ3) is 7.90. The van der Waals surface area contributed by atoms with Crippen molar-refractivity contribution in [2.75, 3.05) is 17.7 Å². The number of thiazole rings is 1. The van der Waals surface area contributed by atoms with E-state index >= 15 is 0 Å². The summed E-state index contributed by atoms with van der Waals surface area (Å²) < 4.78 is 32.0. The summed E-state index contributed by atoms with van der Waals surface area (Å²) in [4.78, 5) is 29.5. The normalized spacial score (nSPS) is 11.6. The number of carboxylic acid groups (broad SMARTS) is 1. The van der Waals surface area contributed by atoms with Crippen LogP contribution in [0.15, 0.2) is 95.9 Å². The van der Waals surface area contributed by atoms with Crippen LogP contribution >= 0.6 is 22.9 Å². The molecule has 2 N–H and O–H groups in total. The summed E-state index contributed by atoms with van der Waals surface area (Å²) in [5.74, 6) is -1.48. The van der Waals surface area contributed by atoms with Gasteiger partial charge in [0.05, 0.1) is 26.6 Å². The highest BCUT2D eigenvalue weighted by atomic mass is 35.5. The third-order valence-electron chi connectivity index (χ3n) is 6.62. The Bertz CT molecular complexity index is 1920. The Morgan fingerprint density at radius 1 is 0.955 bits per heavy atom. The minimum absolute atomic E-state index is 0.0814. The van der Waals surface area contributed by atoms with Crippen LogP contribution in [0.5, 0.6) is 5.75 Å². The number of benzene rings is 4. The van der Waals surface area contributed by atoms with Gasteiger partial charge >= 0.3 is 5.97 Å². The van der Waals surface area contributed by atoms with Gasteiger partial charge in [0.1, 0.15) is 10.8 Å². The zero-order valence-corrected chi connectivity index (χ0v) is 25.7. The van der Waals surface area contributed by atoms with E-state index in [4.69, 9.17) is 21.4 Å². The highest BCUT2D eigenvalue weighted by molar-refractivity contribution is 7.91. The van der Waals surface area contributed by atoms with Crippen molar-refractivity contribution in [1.82, 2.24) is 4.98 Å². The van der Waals surface area contributed by atoms with Crippen molar-refractivity contribution in [3.63, 3.8) is 0 Å². The number of para-hydroxylation sites is 1. The van der Waals surface area contributed by atoms with Gasteiger partial charge in [0.15, 0.2) is 16.4 Å². The lowest BCUT2D eigenvalue weighted by Crippen LogP contribution is -2.16. The van der Waals surface area contributed by atoms with Crippen molar-refractivity contribution in [3.8, 4) is 5.75 Å². The Kier molecular flexibility index (Phi) is 9.74. The van der Waals surface area contributed by atoms with Gasteiger partial charge in [-0.25, -0.2) is 18.2 Å². The lowest BCUT2D eigenvalue weighted by molar-refractivity contribution is -0.139. The summed E-state index contributed by atoms with van der Waals surface area (Å²) in [7, 11) is -3.51. The van der Waals surface area contributed by atoms with Crippen molar-refractivity contribution >= 4 is 72.7 Å². The SMILES string of the molecule is O=C(O)COc1ccc(CCCS(=O)(=O)c2ccc(Cl)cc2)cc1NC(=O)c1ccccc1C=Cc1nc2ccccc2s1. The van der Waals surface area contributed by atoms with Crippen LogP contribution in [0, 0.1) is 0 Å². The molecule has 5 rings (SSSR count). The molecule has 44 heavy (non-hydrogen) atoms. The second-order valence-corrected chi connectivity index (χ2v) is 13.4. The molecule has 5 aromatic rings. The van der Waals surface area contributed by atoms with E-state index in [1.54, 1.807) is 41.7 Å². The summed E-state index contributed by atoms with van der Waals surface area (Å²) in [6, 6.07) is 25.9. The number of halogens is 1. The first-order valence-corrected chi connectivity index (χ1v) is 16.4. The minimum Gasteiger partial charge on any atom is -0.480 e. The van der Waals surface area contributed by atoms with E-state index < -0.39 is 28.3 Å². The topological polar surface area (TPSA) is 123 Å². The monoisotopic (exact) mass is 646 g/mol. The van der Waals surface area contributed by atoms with E-state index in [0.717, 1.165) is 20.8 Å². The Morgan fingerprint density at radius 3 is 2.48 bits per heavy atom. The number of carboxylic acids is 1. The summed E-state index contributed by atoms with van der Waals surface area (Å²) in [5.41, 5.74) is 2.99. The van der Waals surface area contributed by atoms with Crippen LogP contribution in [0.3, 0.4) is 0 Å². The number of fused-ring (bicyclic) bond motifs is 1. The molecule has 8 nitrogen and oxygen atoms in total. The molecular weight excluding hydrogens is 620 g/mol. The number of sulfone groups is 1. The molecular formula is C33H27ClN2O6S2. The number of anilines is 1. The maximum absolute atomic E-state index is 13.5. The van der Waals surface area contributed by atoms with Crippen LogP contribution in [0.25, 0.3) is 22.4 Å². The Balaban J connectivity index is 1.33. The number of rotatable bonds is 12. The molecule has 0 saturated heterocycles. The quantitative estimate of drug-likeness (QED) is 0.146. The molecule has 0 aliphatic heterocycles. The van der Waals surface area contributed by atoms with Crippen molar-refractivity contribution in [2.45, 2.75) is 17.7 Å². The number of hydrogen-bond donors (Lipinski definition) is 2. The number of ether oxygens (including phenoxy) is 1. The number of nitrogens with one attached hydrogen (secondary N) is 1. The molecule has 0 aliphatic rings. The molecule has 224 valence electrons. The lowest BCUT2D eigenvalue weighted by atomic mass is 10.1. The van der Waals surface area contributed by atoms with Crippen LogP contribution in [0.2, 0.25) is 5.02 Å². The first-order chi connectivity index (χ1) is 21.2. The predicted octanol–water partition coefficient (Wildman–Crippen LogP) is 7.24. The van der Waals surface area contributed by atoms with Gasteiger partial charge < -0.3 is 15.2 Å². The van der Waals surface area contributed by atoms with E-state index in [1.807, 2.05) is 48.6 Å². The molecule has 1 heterocycles. The number of carbonyl (C=O) groups is 2. The Morgan fingerprint density at radius 2 is 1.70 bits per heavy atom. The summed E-state index contributed by atoms with van der Waals surface area (Å²) >= 11 is 7.43. The number of aryl methyl sites for hydroxylation is 1. The zero-order valence-electron chi connectivity index (χ0n) is 23.3. The van der Waals surface area contributed by atoms with Gasteiger partial charge in [-0.2, -0.15) is 0 Å². The largest absolute Gasteiger partial charge is 0.480 e. The molecule has 4 aromatic carbocycles. The first kappa shape index (κ1) is 30.9. The average Bonchev–Trinajstić information content (AvgIpc) is 3.43. The maximum Gasteiger partial charge on any atom is 0.341 e. The summed E-state index contributed by atoms with van der Waals surface area (Å²) in [6.07, 6.45) is 4.41. The minimum atomic E-state index is -3.51. The lowest BCUT2D eigenvalue weighted by Gasteiger charge is -2.14. The average molecular weight is 647 g/mol. The molecule has 1 amide bonds. The van der Waals surface area contributed by atoms with Crippen LogP contribution < -0.4 is 10.1 Å². The molecule has 1 aromatic heterocycles. The van der Waals surface area contributed by atoms with Crippen LogP contribution in [0.1, 0.15) is 32.9 Å². The van der Waals surface area contributed by atoms with Gasteiger partial charge in [-0.15, -0.1) is 11.3 Å². The Hall–Kier alpha value is -4.51. The molecule has 0 bridgehead atoms. The van der Waals surface area contributed by atoms with Gasteiger partial charge in [-0.05, 0) is 84.6 Å². The van der Waals surface area contributed by atoms with Crippen LogP contribution in [0.4, 0.5) is 5.69 Å². The fourth-order valence-electron chi connectivity index (χ4n) is 4.48. The van der Waals surface area contributed by atoms with Gasteiger partial charge in [-0.1, -0.05) is 54.1 Å². The van der Waals surface area contributed by atoms with Crippen LogP contribution in [-0.4, -0.2) is 42.7 Å². The second-order valence-electron chi connectivity index (χ2n) is 9.78. The molecule has 0 radical (unpaired) electrons. The predicted molar refractivity (Wildman–Crippen MR) is 174 cm³/mol. The van der Waals surface area contributed by atoms with Crippen molar-refractivity contribution in [1.29, 1.82) is 0 Å². The number of aromatic nitrogens is 1. The van der Waals surface area contributed by atoms with E-state index in [2.05, 4.69) is 10.3 Å². The second kappa shape index (κ2) is 13.9. The van der Waals surface area contributed by atoms with E-state index in [0.29, 0.717) is 29.0 Å². The van der Waals surface area contributed by atoms with Crippen LogP contribution in [-0.2, 0) is 21.1 Å². The number of nitrogens with zero attached hydrogens (tertiary/aromatic N) is 1. The molecule has 0 saturated carbocycles. The Labute approximate surface area is 263 Å². The van der Waals surface area contributed by atoms with E-state index in [1.165, 1.54) is 24.3 Å². The number of aliphatic carboxylic acids is 1. The standard InChI is InChI=1S/C33H27ClN2O6S2/c34-24-13-15-25(16-14-24)44(40,41)19-5-6-22-11-17-29(42-21-32(37)38)28(20-22)36-33(39)26-8-2-1-7-23(26)12-18-31-35-27-9-3-4-10-30(27)43-31/h1-4,7-18,20H,5-6,19,21H2,(H,36,39)(H,37,38). The fraction of sp³-hybridized carbons (Fsp3) is 0.121. The molecule has 0 fully saturated rings. The van der Waals surface area contributed by atoms with E-state index in [9.17, 15) is 18.0 Å². The third-order valence-corrected chi connectivity index (χ3v) is 9.69. The van der Waals surface area contributed by atoms with Crippen molar-refractivity contribution in [2.24, 2.45) is 0 Å². The molecule has 0 unspecified atom stereocenters. The maximum atomic E-state index is 13.5. The van der Waals surface area contributed by atoms with Gasteiger partial charge in [0.2, 0.25) is 0 Å². The molecule has 0 aliphatic carbocycles. The molecule has 11 heteroatoms. The van der Waals surface area contributed by atoms with Crippen molar-refractivity contribution in [3.05, 3.63) is 118 Å². The van der Waals surface area contributed by atoms with Crippen molar-refractivity contribution < 1.29 is 27.9 Å². The fourth-order valence-corrected chi connectivity index (χ4v) is 6.79. The summed E-state index contributed by atoms with van der Waals surface area (Å²) in [6.45, 7) is -0.594. The number of carbonyl (C=O) groups excluding carboxylic acids is 1. The highest BCUT2D eigenvalue weighted by Crippen LogP contribution is 2.29. The smallest absolute Gasteiger partial charge is 0.341 e. The molecule has 0 atom stereocenters. The van der Waals surface area contributed by atoms with E-state index in [-0.39, 0.29) is 22.1 Å². The highest BCUT2D eigenvalue weighted by Gasteiger charge is 2.17. The van der Waals surface area contributed by atoms with Gasteiger partial charge in [-0.3, -0.25) is 4.79 Å².